The standard InChI is InChI=1S/C15H23NO4/c1-5-19-13-8-12(15(13,2)3)16-9-10-6-7-11(20-10)14(17)18-4/h6-7,12-13,16H,5,8-9H2,1-4H3. The first-order valence-corrected chi connectivity index (χ1v) is 7.01. The Labute approximate surface area is 119 Å². The highest BCUT2D eigenvalue weighted by Crippen LogP contribution is 2.42. The molecule has 2 rings (SSSR count). The molecule has 1 aromatic heterocycles. The van der Waals surface area contributed by atoms with E-state index >= 15 is 0 Å². The largest absolute Gasteiger partial charge is 0.463 e. The number of carbonyl (C=O) groups excluding carboxylic acids is 1. The lowest BCUT2D eigenvalue weighted by atomic mass is 9.64. The van der Waals surface area contributed by atoms with E-state index in [1.807, 2.05) is 6.92 Å². The predicted octanol–water partition coefficient (Wildman–Crippen LogP) is 2.36. The lowest BCUT2D eigenvalue weighted by Gasteiger charge is -2.51. The molecule has 5 nitrogen and oxygen atoms in total. The van der Waals surface area contributed by atoms with Crippen molar-refractivity contribution < 1.29 is 18.7 Å². The number of hydrogen-bond donors (Lipinski definition) is 1. The fraction of sp³-hybridized carbons (Fsp3) is 0.667. The van der Waals surface area contributed by atoms with Gasteiger partial charge in [0.15, 0.2) is 0 Å². The Morgan fingerprint density at radius 1 is 1.50 bits per heavy atom. The van der Waals surface area contributed by atoms with Gasteiger partial charge >= 0.3 is 5.97 Å². The zero-order valence-electron chi connectivity index (χ0n) is 12.6. The number of rotatable bonds is 6. The van der Waals surface area contributed by atoms with Gasteiger partial charge in [-0.15, -0.1) is 0 Å². The molecule has 0 radical (unpaired) electrons. The van der Waals surface area contributed by atoms with Gasteiger partial charge in [0.25, 0.3) is 0 Å². The van der Waals surface area contributed by atoms with Crippen molar-refractivity contribution in [2.75, 3.05) is 13.7 Å². The Morgan fingerprint density at radius 2 is 2.25 bits per heavy atom. The third-order valence-electron chi connectivity index (χ3n) is 4.12. The van der Waals surface area contributed by atoms with E-state index in [1.54, 1.807) is 12.1 Å². The number of hydrogen-bond acceptors (Lipinski definition) is 5. The molecule has 0 bridgehead atoms. The molecule has 1 N–H and O–H groups in total. The second-order valence-corrected chi connectivity index (χ2v) is 5.69. The molecule has 2 atom stereocenters. The summed E-state index contributed by atoms with van der Waals surface area (Å²) in [6.45, 7) is 7.78. The first-order valence-electron chi connectivity index (χ1n) is 7.01. The van der Waals surface area contributed by atoms with Gasteiger partial charge < -0.3 is 19.2 Å². The second kappa shape index (κ2) is 5.97. The maximum Gasteiger partial charge on any atom is 0.373 e. The van der Waals surface area contributed by atoms with Crippen LogP contribution in [0.1, 0.15) is 43.5 Å². The average molecular weight is 281 g/mol. The van der Waals surface area contributed by atoms with Crippen molar-refractivity contribution in [2.45, 2.75) is 45.9 Å². The smallest absolute Gasteiger partial charge is 0.373 e. The lowest BCUT2D eigenvalue weighted by molar-refractivity contribution is -0.114. The molecule has 0 aromatic carbocycles. The summed E-state index contributed by atoms with van der Waals surface area (Å²) < 4.78 is 15.7. The molecular weight excluding hydrogens is 258 g/mol. The van der Waals surface area contributed by atoms with Gasteiger partial charge in [0, 0.05) is 18.1 Å². The maximum atomic E-state index is 11.3. The maximum absolute atomic E-state index is 11.3. The number of carbonyl (C=O) groups is 1. The number of methoxy groups -OCH3 is 1. The normalized spacial score (nSPS) is 24.2. The molecule has 5 heteroatoms. The minimum atomic E-state index is -0.448. The van der Waals surface area contributed by atoms with E-state index in [0.717, 1.165) is 18.8 Å². The summed E-state index contributed by atoms with van der Waals surface area (Å²) in [4.78, 5) is 11.3. The summed E-state index contributed by atoms with van der Waals surface area (Å²) in [7, 11) is 1.34. The van der Waals surface area contributed by atoms with Crippen molar-refractivity contribution in [3.8, 4) is 0 Å². The fourth-order valence-electron chi connectivity index (χ4n) is 2.62. The summed E-state index contributed by atoms with van der Waals surface area (Å²) in [5.41, 5.74) is 0.119. The highest BCUT2D eigenvalue weighted by atomic mass is 16.5. The monoisotopic (exact) mass is 281 g/mol. The summed E-state index contributed by atoms with van der Waals surface area (Å²) in [6, 6.07) is 3.83. The van der Waals surface area contributed by atoms with E-state index in [0.29, 0.717) is 18.7 Å². The number of ether oxygens (including phenoxy) is 2. The van der Waals surface area contributed by atoms with E-state index in [4.69, 9.17) is 9.15 Å². The molecule has 2 unspecified atom stereocenters. The van der Waals surface area contributed by atoms with Crippen LogP contribution >= 0.6 is 0 Å². The van der Waals surface area contributed by atoms with Crippen LogP contribution in [0.25, 0.3) is 0 Å². The van der Waals surface area contributed by atoms with Crippen molar-refractivity contribution in [2.24, 2.45) is 5.41 Å². The molecule has 112 valence electrons. The zero-order chi connectivity index (χ0) is 14.8. The molecular formula is C15H23NO4. The van der Waals surface area contributed by atoms with Crippen molar-refractivity contribution in [1.82, 2.24) is 5.32 Å². The fourth-order valence-corrected chi connectivity index (χ4v) is 2.62. The van der Waals surface area contributed by atoms with Crippen LogP contribution in [0.2, 0.25) is 0 Å². The van der Waals surface area contributed by atoms with Crippen LogP contribution in [0.4, 0.5) is 0 Å². The first-order chi connectivity index (χ1) is 9.48. The molecule has 1 aliphatic carbocycles. The third-order valence-corrected chi connectivity index (χ3v) is 4.12. The molecule has 1 saturated carbocycles. The van der Waals surface area contributed by atoms with Gasteiger partial charge in [-0.05, 0) is 25.5 Å². The number of furan rings is 1. The van der Waals surface area contributed by atoms with Gasteiger partial charge in [-0.3, -0.25) is 0 Å². The Kier molecular flexibility index (Phi) is 4.50. The van der Waals surface area contributed by atoms with E-state index in [2.05, 4.69) is 23.9 Å². The van der Waals surface area contributed by atoms with Crippen LogP contribution < -0.4 is 5.32 Å². The quantitative estimate of drug-likeness (QED) is 0.811. The first kappa shape index (κ1) is 15.1. The lowest BCUT2D eigenvalue weighted by Crippen LogP contribution is -2.60. The molecule has 20 heavy (non-hydrogen) atoms. The van der Waals surface area contributed by atoms with Crippen molar-refractivity contribution in [3.05, 3.63) is 23.7 Å². The Bertz CT molecular complexity index is 466. The molecule has 1 aliphatic rings. The summed E-state index contributed by atoms with van der Waals surface area (Å²) in [5.74, 6) is 0.530. The number of esters is 1. The summed E-state index contributed by atoms with van der Waals surface area (Å²) >= 11 is 0. The highest BCUT2D eigenvalue weighted by molar-refractivity contribution is 5.86. The number of nitrogens with one attached hydrogen (secondary N) is 1. The van der Waals surface area contributed by atoms with Crippen LogP contribution in [0.3, 0.4) is 0 Å². The molecule has 1 fully saturated rings. The third kappa shape index (κ3) is 2.88. The second-order valence-electron chi connectivity index (χ2n) is 5.69. The van der Waals surface area contributed by atoms with Crippen LogP contribution in [-0.2, 0) is 16.0 Å². The molecule has 0 amide bonds. The van der Waals surface area contributed by atoms with E-state index in [-0.39, 0.29) is 11.2 Å². The Morgan fingerprint density at radius 3 is 2.85 bits per heavy atom. The average Bonchev–Trinajstić information content (AvgIpc) is 2.90. The van der Waals surface area contributed by atoms with Gasteiger partial charge in [0.1, 0.15) is 5.76 Å². The Hall–Kier alpha value is -1.33. The molecule has 1 heterocycles. The summed E-state index contributed by atoms with van der Waals surface area (Å²) in [6.07, 6.45) is 1.32. The predicted molar refractivity (Wildman–Crippen MR) is 74.5 cm³/mol. The minimum absolute atomic E-state index is 0.119. The van der Waals surface area contributed by atoms with Crippen molar-refractivity contribution >= 4 is 5.97 Å². The van der Waals surface area contributed by atoms with Crippen LogP contribution in [0.5, 0.6) is 0 Å². The zero-order valence-corrected chi connectivity index (χ0v) is 12.6. The topological polar surface area (TPSA) is 60.7 Å². The van der Waals surface area contributed by atoms with Crippen LogP contribution in [0.15, 0.2) is 16.5 Å². The van der Waals surface area contributed by atoms with Gasteiger partial charge in [0.2, 0.25) is 5.76 Å². The molecule has 0 saturated heterocycles. The van der Waals surface area contributed by atoms with Crippen molar-refractivity contribution in [1.29, 1.82) is 0 Å². The van der Waals surface area contributed by atoms with Gasteiger partial charge in [0.05, 0.1) is 19.8 Å². The van der Waals surface area contributed by atoms with Crippen LogP contribution in [0, 0.1) is 5.41 Å². The molecule has 0 aliphatic heterocycles. The minimum Gasteiger partial charge on any atom is -0.463 e. The van der Waals surface area contributed by atoms with E-state index < -0.39 is 5.97 Å². The van der Waals surface area contributed by atoms with Gasteiger partial charge in [-0.25, -0.2) is 4.79 Å². The van der Waals surface area contributed by atoms with Crippen molar-refractivity contribution in [3.63, 3.8) is 0 Å². The SMILES string of the molecule is CCOC1CC(NCc2ccc(C(=O)OC)o2)C1(C)C. The van der Waals surface area contributed by atoms with E-state index in [9.17, 15) is 4.79 Å². The summed E-state index contributed by atoms with van der Waals surface area (Å²) in [5, 5.41) is 3.46. The highest BCUT2D eigenvalue weighted by Gasteiger charge is 2.48. The van der Waals surface area contributed by atoms with E-state index in [1.165, 1.54) is 7.11 Å². The van der Waals surface area contributed by atoms with Gasteiger partial charge in [-0.1, -0.05) is 13.8 Å². The van der Waals surface area contributed by atoms with Crippen LogP contribution in [-0.4, -0.2) is 31.8 Å². The molecule has 1 aromatic rings. The molecule has 0 spiro atoms. The Balaban J connectivity index is 1.84. The van der Waals surface area contributed by atoms with Gasteiger partial charge in [-0.2, -0.15) is 0 Å².